The average Bonchev–Trinajstić information content (AvgIpc) is 2.88. The zero-order valence-corrected chi connectivity index (χ0v) is 12.0. The molecule has 1 aliphatic rings. The predicted molar refractivity (Wildman–Crippen MR) is 77.6 cm³/mol. The molecule has 3 heterocycles. The number of aliphatic hydroxyl groups excluding tert-OH is 1. The van der Waals surface area contributed by atoms with Gasteiger partial charge in [0.1, 0.15) is 18.2 Å². The van der Waals surface area contributed by atoms with E-state index in [0.717, 1.165) is 31.8 Å². The third kappa shape index (κ3) is 2.66. The van der Waals surface area contributed by atoms with Crippen LogP contribution < -0.4 is 10.6 Å². The Morgan fingerprint density at radius 2 is 2.29 bits per heavy atom. The van der Waals surface area contributed by atoms with Gasteiger partial charge in [-0.1, -0.05) is 0 Å². The topological polar surface area (TPSA) is 106 Å². The van der Waals surface area contributed by atoms with Crippen molar-refractivity contribution in [3.63, 3.8) is 0 Å². The number of aliphatic hydroxyl groups is 1. The first-order chi connectivity index (χ1) is 10.2. The molecule has 1 atom stereocenters. The number of nitrogen functional groups attached to an aromatic ring is 1. The van der Waals surface area contributed by atoms with E-state index in [1.165, 1.54) is 0 Å². The second kappa shape index (κ2) is 5.65. The van der Waals surface area contributed by atoms with Crippen molar-refractivity contribution < 1.29 is 5.11 Å². The Bertz CT molecular complexity index is 627. The number of rotatable bonds is 3. The van der Waals surface area contributed by atoms with Crippen molar-refractivity contribution in [2.45, 2.75) is 25.4 Å². The zero-order chi connectivity index (χ0) is 14.8. The highest BCUT2D eigenvalue weighted by Crippen LogP contribution is 2.27. The minimum Gasteiger partial charge on any atom is -0.388 e. The molecule has 1 fully saturated rings. The summed E-state index contributed by atoms with van der Waals surface area (Å²) in [5, 5.41) is 17.5. The van der Waals surface area contributed by atoms with Gasteiger partial charge in [-0.2, -0.15) is 4.98 Å². The van der Waals surface area contributed by atoms with Gasteiger partial charge in [-0.25, -0.2) is 4.98 Å². The van der Waals surface area contributed by atoms with E-state index in [1.807, 2.05) is 11.6 Å². The van der Waals surface area contributed by atoms with Crippen molar-refractivity contribution in [1.29, 1.82) is 0 Å². The molecular weight excluding hydrogens is 270 g/mol. The lowest BCUT2D eigenvalue weighted by molar-refractivity contribution is 0.266. The Labute approximate surface area is 122 Å². The van der Waals surface area contributed by atoms with Gasteiger partial charge in [0, 0.05) is 32.3 Å². The van der Waals surface area contributed by atoms with E-state index in [-0.39, 0.29) is 12.5 Å². The van der Waals surface area contributed by atoms with Crippen LogP contribution in [-0.4, -0.2) is 42.9 Å². The average molecular weight is 289 g/mol. The van der Waals surface area contributed by atoms with Crippen LogP contribution in [0, 0.1) is 0 Å². The van der Waals surface area contributed by atoms with E-state index in [0.29, 0.717) is 17.6 Å². The fraction of sp³-hybridized carbons (Fsp3) is 0.538. The fourth-order valence-corrected chi connectivity index (χ4v) is 2.75. The molecule has 0 saturated carbocycles. The van der Waals surface area contributed by atoms with Gasteiger partial charge in [-0.3, -0.25) is 0 Å². The lowest BCUT2D eigenvalue weighted by Gasteiger charge is -2.32. The van der Waals surface area contributed by atoms with Crippen LogP contribution in [0.25, 0.3) is 0 Å². The van der Waals surface area contributed by atoms with Gasteiger partial charge in [0.15, 0.2) is 5.82 Å². The Kier molecular flexibility index (Phi) is 3.70. The molecule has 8 heteroatoms. The predicted octanol–water partition coefficient (Wildman–Crippen LogP) is 0.0636. The highest BCUT2D eigenvalue weighted by molar-refractivity contribution is 5.38. The number of anilines is 2. The number of hydrogen-bond acceptors (Lipinski definition) is 7. The molecule has 0 bridgehead atoms. The van der Waals surface area contributed by atoms with E-state index in [2.05, 4.69) is 25.1 Å². The van der Waals surface area contributed by atoms with Crippen LogP contribution in [0.3, 0.4) is 0 Å². The van der Waals surface area contributed by atoms with E-state index in [1.54, 1.807) is 12.3 Å². The number of nitrogens with two attached hydrogens (primary N) is 1. The van der Waals surface area contributed by atoms with E-state index in [4.69, 9.17) is 5.73 Å². The minimum atomic E-state index is -0.0989. The molecule has 1 unspecified atom stereocenters. The Hall–Kier alpha value is -2.22. The van der Waals surface area contributed by atoms with Crippen molar-refractivity contribution >= 4 is 11.8 Å². The summed E-state index contributed by atoms with van der Waals surface area (Å²) in [6, 6.07) is 1.68. The Morgan fingerprint density at radius 3 is 3.00 bits per heavy atom. The van der Waals surface area contributed by atoms with Crippen LogP contribution >= 0.6 is 0 Å². The Morgan fingerprint density at radius 1 is 1.43 bits per heavy atom. The highest BCUT2D eigenvalue weighted by Gasteiger charge is 2.27. The summed E-state index contributed by atoms with van der Waals surface area (Å²) >= 11 is 0. The molecule has 21 heavy (non-hydrogen) atoms. The molecule has 112 valence electrons. The first-order valence-corrected chi connectivity index (χ1v) is 7.01. The van der Waals surface area contributed by atoms with Crippen molar-refractivity contribution in [2.75, 3.05) is 23.7 Å². The van der Waals surface area contributed by atoms with Crippen molar-refractivity contribution in [3.05, 3.63) is 23.9 Å². The zero-order valence-electron chi connectivity index (χ0n) is 12.0. The molecule has 2 aromatic rings. The number of nitrogens with zero attached hydrogens (tertiary/aromatic N) is 6. The molecule has 0 radical (unpaired) electrons. The monoisotopic (exact) mass is 289 g/mol. The number of hydrogen-bond donors (Lipinski definition) is 2. The standard InChI is InChI=1S/C13H19N7O/c1-19-11(8-21)17-18-12(19)9-3-2-6-20(7-9)13-15-5-4-10(14)16-13/h4-5,9,21H,2-3,6-8H2,1H3,(H2,14,15,16). The van der Waals surface area contributed by atoms with Crippen LogP contribution in [0.4, 0.5) is 11.8 Å². The molecule has 8 nitrogen and oxygen atoms in total. The van der Waals surface area contributed by atoms with Gasteiger partial charge >= 0.3 is 0 Å². The summed E-state index contributed by atoms with van der Waals surface area (Å²) in [5.74, 6) is 2.86. The summed E-state index contributed by atoms with van der Waals surface area (Å²) in [7, 11) is 1.89. The van der Waals surface area contributed by atoms with Gasteiger partial charge in [0.2, 0.25) is 5.95 Å². The van der Waals surface area contributed by atoms with Crippen molar-refractivity contribution in [1.82, 2.24) is 24.7 Å². The molecular formula is C13H19N7O. The third-order valence-electron chi connectivity index (χ3n) is 3.87. The molecule has 0 amide bonds. The van der Waals surface area contributed by atoms with Crippen LogP contribution in [0.1, 0.15) is 30.4 Å². The summed E-state index contributed by atoms with van der Waals surface area (Å²) in [6.45, 7) is 1.59. The highest BCUT2D eigenvalue weighted by atomic mass is 16.3. The smallest absolute Gasteiger partial charge is 0.227 e. The van der Waals surface area contributed by atoms with Gasteiger partial charge in [-0.15, -0.1) is 10.2 Å². The van der Waals surface area contributed by atoms with E-state index >= 15 is 0 Å². The lowest BCUT2D eigenvalue weighted by Crippen LogP contribution is -2.36. The van der Waals surface area contributed by atoms with Gasteiger partial charge in [-0.05, 0) is 18.9 Å². The second-order valence-electron chi connectivity index (χ2n) is 5.26. The molecule has 1 saturated heterocycles. The summed E-state index contributed by atoms with van der Waals surface area (Å²) in [5.41, 5.74) is 5.72. The Balaban J connectivity index is 1.81. The maximum atomic E-state index is 9.22. The lowest BCUT2D eigenvalue weighted by atomic mass is 9.97. The minimum absolute atomic E-state index is 0.0989. The first-order valence-electron chi connectivity index (χ1n) is 7.01. The van der Waals surface area contributed by atoms with Crippen LogP contribution in [0.5, 0.6) is 0 Å². The van der Waals surface area contributed by atoms with Crippen molar-refractivity contribution in [3.8, 4) is 0 Å². The van der Waals surface area contributed by atoms with Crippen LogP contribution in [0.2, 0.25) is 0 Å². The SMILES string of the molecule is Cn1c(CO)nnc1C1CCCN(c2nccc(N)n2)C1. The second-order valence-corrected chi connectivity index (χ2v) is 5.26. The van der Waals surface area contributed by atoms with Gasteiger partial charge < -0.3 is 20.3 Å². The fourth-order valence-electron chi connectivity index (χ4n) is 2.75. The van der Waals surface area contributed by atoms with E-state index < -0.39 is 0 Å². The third-order valence-corrected chi connectivity index (χ3v) is 3.87. The molecule has 1 aliphatic heterocycles. The molecule has 2 aromatic heterocycles. The van der Waals surface area contributed by atoms with Crippen molar-refractivity contribution in [2.24, 2.45) is 7.05 Å². The quantitative estimate of drug-likeness (QED) is 0.823. The van der Waals surface area contributed by atoms with E-state index in [9.17, 15) is 5.11 Å². The maximum absolute atomic E-state index is 9.22. The molecule has 3 N–H and O–H groups in total. The van der Waals surface area contributed by atoms with Crippen LogP contribution in [0.15, 0.2) is 12.3 Å². The molecule has 0 spiro atoms. The summed E-state index contributed by atoms with van der Waals surface area (Å²) in [4.78, 5) is 10.7. The largest absolute Gasteiger partial charge is 0.388 e. The number of piperidine rings is 1. The van der Waals surface area contributed by atoms with Gasteiger partial charge in [0.05, 0.1) is 0 Å². The maximum Gasteiger partial charge on any atom is 0.227 e. The molecule has 3 rings (SSSR count). The molecule has 0 aliphatic carbocycles. The summed E-state index contributed by atoms with van der Waals surface area (Å²) in [6.07, 6.45) is 3.74. The van der Waals surface area contributed by atoms with Gasteiger partial charge in [0.25, 0.3) is 0 Å². The number of aromatic nitrogens is 5. The first kappa shape index (κ1) is 13.7. The molecule has 0 aromatic carbocycles. The normalized spacial score (nSPS) is 19.0. The van der Waals surface area contributed by atoms with Crippen LogP contribution in [-0.2, 0) is 13.7 Å². The summed E-state index contributed by atoms with van der Waals surface area (Å²) < 4.78 is 1.87.